The topological polar surface area (TPSA) is 67.8 Å². The molecule has 21 heavy (non-hydrogen) atoms. The van der Waals surface area contributed by atoms with E-state index in [9.17, 15) is 9.90 Å². The van der Waals surface area contributed by atoms with Crippen LogP contribution in [-0.2, 0) is 10.2 Å². The summed E-state index contributed by atoms with van der Waals surface area (Å²) >= 11 is 0. The van der Waals surface area contributed by atoms with Gasteiger partial charge in [-0.15, -0.1) is 0 Å². The number of carbonyl (C=O) groups is 1. The Morgan fingerprint density at radius 2 is 2.38 bits per heavy atom. The first-order valence-corrected chi connectivity index (χ1v) is 7.03. The third-order valence-electron chi connectivity index (χ3n) is 4.34. The number of fused-ring (bicyclic) bond motifs is 3. The van der Waals surface area contributed by atoms with E-state index in [0.717, 1.165) is 5.56 Å². The van der Waals surface area contributed by atoms with E-state index >= 15 is 0 Å². The minimum absolute atomic E-state index is 0.0553. The van der Waals surface area contributed by atoms with Gasteiger partial charge < -0.3 is 19.9 Å². The molecule has 0 aromatic heterocycles. The highest BCUT2D eigenvalue weighted by molar-refractivity contribution is 5.79. The van der Waals surface area contributed by atoms with E-state index in [-0.39, 0.29) is 18.4 Å². The van der Waals surface area contributed by atoms with Gasteiger partial charge in [0.15, 0.2) is 11.5 Å². The molecule has 2 N–H and O–H groups in total. The van der Waals surface area contributed by atoms with Crippen LogP contribution in [0, 0.1) is 0 Å². The monoisotopic (exact) mass is 289 g/mol. The maximum Gasteiger partial charge on any atom is 0.221 e. The number of benzene rings is 1. The summed E-state index contributed by atoms with van der Waals surface area (Å²) in [5.41, 5.74) is 0.405. The van der Waals surface area contributed by atoms with Gasteiger partial charge in [0.05, 0.1) is 18.6 Å². The molecule has 1 amide bonds. The average molecular weight is 289 g/mol. The smallest absolute Gasteiger partial charge is 0.221 e. The number of methoxy groups -OCH3 is 1. The van der Waals surface area contributed by atoms with E-state index in [4.69, 9.17) is 9.47 Å². The van der Waals surface area contributed by atoms with Crippen LogP contribution in [0.1, 0.15) is 18.4 Å². The molecule has 3 atom stereocenters. The second kappa shape index (κ2) is 5.07. The molecule has 0 spiro atoms. The molecule has 3 rings (SSSR count). The Balaban J connectivity index is 2.12. The maximum absolute atomic E-state index is 12.0. The lowest BCUT2D eigenvalue weighted by Gasteiger charge is -2.35. The minimum atomic E-state index is -0.548. The number of amides is 1. The number of hydrogen-bond donors (Lipinski definition) is 2. The van der Waals surface area contributed by atoms with E-state index in [0.29, 0.717) is 17.9 Å². The van der Waals surface area contributed by atoms with Crippen molar-refractivity contribution < 1.29 is 19.4 Å². The molecule has 1 aliphatic heterocycles. The Labute approximate surface area is 123 Å². The zero-order valence-electron chi connectivity index (χ0n) is 12.1. The predicted octanol–water partition coefficient (Wildman–Crippen LogP) is 1.15. The molecule has 0 saturated heterocycles. The molecule has 0 unspecified atom stereocenters. The number of hydrogen-bond acceptors (Lipinski definition) is 4. The highest BCUT2D eigenvalue weighted by atomic mass is 16.5. The number of ether oxygens (including phenoxy) is 2. The van der Waals surface area contributed by atoms with Crippen molar-refractivity contribution in [3.05, 3.63) is 35.9 Å². The van der Waals surface area contributed by atoms with Gasteiger partial charge in [0.1, 0.15) is 6.10 Å². The normalized spacial score (nSPS) is 29.3. The molecule has 1 heterocycles. The van der Waals surface area contributed by atoms with E-state index in [1.165, 1.54) is 0 Å². The molecule has 1 aromatic carbocycles. The fourth-order valence-electron chi connectivity index (χ4n) is 3.24. The van der Waals surface area contributed by atoms with Crippen LogP contribution in [0.3, 0.4) is 0 Å². The zero-order valence-corrected chi connectivity index (χ0v) is 12.1. The van der Waals surface area contributed by atoms with Crippen molar-refractivity contribution in [2.75, 3.05) is 14.2 Å². The molecule has 112 valence electrons. The molecule has 1 aliphatic carbocycles. The van der Waals surface area contributed by atoms with Gasteiger partial charge >= 0.3 is 0 Å². The lowest BCUT2D eigenvalue weighted by atomic mass is 9.69. The lowest BCUT2D eigenvalue weighted by molar-refractivity contribution is -0.122. The summed E-state index contributed by atoms with van der Waals surface area (Å²) < 4.78 is 11.4. The molecular formula is C16H19NO4. The van der Waals surface area contributed by atoms with Crippen molar-refractivity contribution in [2.45, 2.75) is 30.5 Å². The van der Waals surface area contributed by atoms with Crippen LogP contribution in [0.15, 0.2) is 30.4 Å². The Hall–Kier alpha value is -2.01. The zero-order chi connectivity index (χ0) is 15.0. The summed E-state index contributed by atoms with van der Waals surface area (Å²) in [4.78, 5) is 12.0. The number of nitrogens with one attached hydrogen (secondary N) is 1. The quantitative estimate of drug-likeness (QED) is 0.819. The summed E-state index contributed by atoms with van der Waals surface area (Å²) in [7, 11) is 3.22. The Morgan fingerprint density at radius 1 is 1.57 bits per heavy atom. The molecule has 0 bridgehead atoms. The number of aliphatic hydroxyl groups is 1. The fraction of sp³-hybridized carbons (Fsp3) is 0.438. The Morgan fingerprint density at radius 3 is 3.10 bits per heavy atom. The van der Waals surface area contributed by atoms with Gasteiger partial charge in [0.2, 0.25) is 5.91 Å². The van der Waals surface area contributed by atoms with Crippen LogP contribution in [-0.4, -0.2) is 37.4 Å². The van der Waals surface area contributed by atoms with E-state index in [1.54, 1.807) is 20.2 Å². The van der Waals surface area contributed by atoms with Gasteiger partial charge in [-0.1, -0.05) is 24.3 Å². The summed E-state index contributed by atoms with van der Waals surface area (Å²) in [6, 6.07) is 5.70. The Kier molecular flexibility index (Phi) is 3.37. The van der Waals surface area contributed by atoms with Crippen LogP contribution in [0.25, 0.3) is 0 Å². The predicted molar refractivity (Wildman–Crippen MR) is 77.5 cm³/mol. The van der Waals surface area contributed by atoms with Gasteiger partial charge in [0, 0.05) is 25.5 Å². The third-order valence-corrected chi connectivity index (χ3v) is 4.34. The first kappa shape index (κ1) is 13.9. The molecule has 5 nitrogen and oxygen atoms in total. The molecule has 0 radical (unpaired) electrons. The van der Waals surface area contributed by atoms with Gasteiger partial charge in [0.25, 0.3) is 0 Å². The van der Waals surface area contributed by atoms with Crippen LogP contribution in [0.4, 0.5) is 0 Å². The highest BCUT2D eigenvalue weighted by Gasteiger charge is 2.51. The van der Waals surface area contributed by atoms with Crippen LogP contribution in [0.5, 0.6) is 11.5 Å². The lowest BCUT2D eigenvalue weighted by Crippen LogP contribution is -2.44. The number of para-hydroxylation sites is 1. The number of carbonyl (C=O) groups excluding carboxylic acids is 1. The fourth-order valence-corrected chi connectivity index (χ4v) is 3.24. The van der Waals surface area contributed by atoms with Crippen LogP contribution in [0.2, 0.25) is 0 Å². The molecule has 0 fully saturated rings. The number of rotatable bonds is 3. The van der Waals surface area contributed by atoms with E-state index in [2.05, 4.69) is 5.32 Å². The first-order chi connectivity index (χ1) is 10.1. The first-order valence-electron chi connectivity index (χ1n) is 7.03. The third kappa shape index (κ3) is 2.08. The van der Waals surface area contributed by atoms with E-state index < -0.39 is 11.5 Å². The summed E-state index contributed by atoms with van der Waals surface area (Å²) in [6.45, 7) is 0. The highest BCUT2D eigenvalue weighted by Crippen LogP contribution is 2.52. The largest absolute Gasteiger partial charge is 0.493 e. The summed E-state index contributed by atoms with van der Waals surface area (Å²) in [5, 5.41) is 12.5. The van der Waals surface area contributed by atoms with Crippen molar-refractivity contribution in [1.29, 1.82) is 0 Å². The van der Waals surface area contributed by atoms with Crippen molar-refractivity contribution in [3.8, 4) is 11.5 Å². The average Bonchev–Trinajstić information content (AvgIpc) is 2.80. The second-order valence-corrected chi connectivity index (χ2v) is 5.50. The van der Waals surface area contributed by atoms with Crippen molar-refractivity contribution in [1.82, 2.24) is 5.32 Å². The van der Waals surface area contributed by atoms with Crippen LogP contribution < -0.4 is 14.8 Å². The van der Waals surface area contributed by atoms with Crippen molar-refractivity contribution in [3.63, 3.8) is 0 Å². The maximum atomic E-state index is 12.0. The summed E-state index contributed by atoms with van der Waals surface area (Å²) in [5.74, 6) is 1.27. The van der Waals surface area contributed by atoms with E-state index in [1.807, 2.05) is 24.3 Å². The molecule has 2 aliphatic rings. The van der Waals surface area contributed by atoms with Crippen molar-refractivity contribution in [2.24, 2.45) is 0 Å². The van der Waals surface area contributed by atoms with Gasteiger partial charge in [-0.25, -0.2) is 0 Å². The standard InChI is InChI=1S/C16H19NO4/c1-17-14(19)9-16-7-6-10(18)8-13(16)21-15-11(16)4-3-5-12(15)20-2/h3-7,10,13,18H,8-9H2,1-2H3,(H,17,19)/t10-,13-,16+/m0/s1. The van der Waals surface area contributed by atoms with Crippen molar-refractivity contribution >= 4 is 5.91 Å². The van der Waals surface area contributed by atoms with Gasteiger partial charge in [-0.2, -0.15) is 0 Å². The second-order valence-electron chi connectivity index (χ2n) is 5.50. The van der Waals surface area contributed by atoms with Gasteiger partial charge in [-0.05, 0) is 6.07 Å². The number of aliphatic hydroxyl groups excluding tert-OH is 1. The van der Waals surface area contributed by atoms with Crippen LogP contribution >= 0.6 is 0 Å². The SMILES string of the molecule is CNC(=O)C[C@@]12C=C[C@H](O)C[C@@H]1Oc1c(OC)cccc12. The Bertz CT molecular complexity index is 598. The molecule has 0 saturated carbocycles. The molecule has 5 heteroatoms. The summed E-state index contributed by atoms with van der Waals surface area (Å²) in [6.07, 6.45) is 3.60. The molecular weight excluding hydrogens is 270 g/mol. The minimum Gasteiger partial charge on any atom is -0.493 e. The van der Waals surface area contributed by atoms with Gasteiger partial charge in [-0.3, -0.25) is 4.79 Å². The molecule has 1 aromatic rings.